The summed E-state index contributed by atoms with van der Waals surface area (Å²) in [4.78, 5) is 0. The summed E-state index contributed by atoms with van der Waals surface area (Å²) < 4.78 is 10.7. The van der Waals surface area contributed by atoms with Crippen LogP contribution in [-0.2, 0) is 11.3 Å². The van der Waals surface area contributed by atoms with Gasteiger partial charge in [0.2, 0.25) is 0 Å². The second kappa shape index (κ2) is 7.09. The van der Waals surface area contributed by atoms with Crippen molar-refractivity contribution in [1.82, 2.24) is 0 Å². The summed E-state index contributed by atoms with van der Waals surface area (Å²) in [5.41, 5.74) is 1.07. The highest BCUT2D eigenvalue weighted by Crippen LogP contribution is 2.13. The predicted octanol–water partition coefficient (Wildman–Crippen LogP) is 2.54. The van der Waals surface area contributed by atoms with E-state index in [1.54, 1.807) is 20.1 Å². The van der Waals surface area contributed by atoms with E-state index in [2.05, 4.69) is 6.58 Å². The van der Waals surface area contributed by atoms with Crippen molar-refractivity contribution < 1.29 is 14.6 Å². The van der Waals surface area contributed by atoms with E-state index in [0.717, 1.165) is 11.3 Å². The highest BCUT2D eigenvalue weighted by atomic mass is 16.5. The van der Waals surface area contributed by atoms with E-state index in [1.165, 1.54) is 0 Å². The lowest BCUT2D eigenvalue weighted by molar-refractivity contribution is 0.0358. The van der Waals surface area contributed by atoms with Gasteiger partial charge < -0.3 is 14.6 Å². The lowest BCUT2D eigenvalue weighted by atomic mass is 10.1. The van der Waals surface area contributed by atoms with Crippen molar-refractivity contribution in [3.63, 3.8) is 0 Å². The maximum atomic E-state index is 9.28. The molecule has 0 bridgehead atoms. The smallest absolute Gasteiger partial charge is 0.118 e. The predicted molar refractivity (Wildman–Crippen MR) is 68.1 cm³/mol. The molecule has 0 aliphatic carbocycles. The molecule has 17 heavy (non-hydrogen) atoms. The maximum absolute atomic E-state index is 9.28. The van der Waals surface area contributed by atoms with Crippen LogP contribution < -0.4 is 4.74 Å². The van der Waals surface area contributed by atoms with Gasteiger partial charge >= 0.3 is 0 Å². The van der Waals surface area contributed by atoms with Crippen LogP contribution in [0, 0.1) is 0 Å². The van der Waals surface area contributed by atoms with Gasteiger partial charge in [0.05, 0.1) is 25.9 Å². The van der Waals surface area contributed by atoms with Gasteiger partial charge in [-0.1, -0.05) is 18.2 Å². The molecule has 0 fully saturated rings. The molecule has 94 valence electrons. The first-order valence-electron chi connectivity index (χ1n) is 5.71. The molecule has 0 saturated carbocycles. The first kappa shape index (κ1) is 13.7. The Hall–Kier alpha value is -1.32. The molecular weight excluding hydrogens is 216 g/mol. The molecule has 0 aliphatic rings. The normalized spacial score (nSPS) is 14.1. The third kappa shape index (κ3) is 5.02. The molecule has 1 rings (SSSR count). The fourth-order valence-corrected chi connectivity index (χ4v) is 1.49. The number of aliphatic hydroxyl groups excluding tert-OH is 1. The Balaban J connectivity index is 2.44. The van der Waals surface area contributed by atoms with Gasteiger partial charge in [-0.05, 0) is 24.6 Å². The number of ether oxygens (including phenoxy) is 2. The van der Waals surface area contributed by atoms with Crippen LogP contribution in [0.15, 0.2) is 36.9 Å². The third-order valence-corrected chi connectivity index (χ3v) is 2.46. The monoisotopic (exact) mass is 236 g/mol. The summed E-state index contributed by atoms with van der Waals surface area (Å²) in [7, 11) is 1.64. The largest absolute Gasteiger partial charge is 0.497 e. The minimum absolute atomic E-state index is 0.114. The zero-order valence-corrected chi connectivity index (χ0v) is 10.4. The Morgan fingerprint density at radius 2 is 2.00 bits per heavy atom. The molecule has 3 nitrogen and oxygen atoms in total. The van der Waals surface area contributed by atoms with Gasteiger partial charge in [-0.25, -0.2) is 0 Å². The van der Waals surface area contributed by atoms with Crippen molar-refractivity contribution in [3.8, 4) is 5.75 Å². The molecule has 0 heterocycles. The Kier molecular flexibility index (Phi) is 5.73. The molecule has 0 radical (unpaired) electrons. The van der Waals surface area contributed by atoms with Crippen LogP contribution in [-0.4, -0.2) is 24.4 Å². The van der Waals surface area contributed by atoms with E-state index in [0.29, 0.717) is 13.0 Å². The quantitative estimate of drug-likeness (QED) is 0.739. The fourth-order valence-electron chi connectivity index (χ4n) is 1.49. The third-order valence-electron chi connectivity index (χ3n) is 2.46. The lowest BCUT2D eigenvalue weighted by Crippen LogP contribution is -2.16. The Morgan fingerprint density at radius 1 is 1.35 bits per heavy atom. The van der Waals surface area contributed by atoms with Crippen LogP contribution >= 0.6 is 0 Å². The number of aliphatic hydroxyl groups is 1. The average molecular weight is 236 g/mol. The van der Waals surface area contributed by atoms with Crippen molar-refractivity contribution in [2.24, 2.45) is 0 Å². The highest BCUT2D eigenvalue weighted by Gasteiger charge is 2.08. The molecule has 0 spiro atoms. The molecule has 0 aromatic heterocycles. The second-order valence-corrected chi connectivity index (χ2v) is 4.02. The summed E-state index contributed by atoms with van der Waals surface area (Å²) in [6.07, 6.45) is 1.79. The van der Waals surface area contributed by atoms with Gasteiger partial charge in [0.15, 0.2) is 0 Å². The average Bonchev–Trinajstić information content (AvgIpc) is 2.34. The number of rotatable bonds is 7. The summed E-state index contributed by atoms with van der Waals surface area (Å²) in [6.45, 7) is 5.95. The van der Waals surface area contributed by atoms with Crippen LogP contribution in [0.1, 0.15) is 18.9 Å². The lowest BCUT2D eigenvalue weighted by Gasteiger charge is -2.15. The van der Waals surface area contributed by atoms with E-state index in [9.17, 15) is 5.11 Å². The van der Waals surface area contributed by atoms with Crippen molar-refractivity contribution in [3.05, 3.63) is 42.5 Å². The Morgan fingerprint density at radius 3 is 2.47 bits per heavy atom. The van der Waals surface area contributed by atoms with Crippen molar-refractivity contribution >= 4 is 0 Å². The van der Waals surface area contributed by atoms with Crippen LogP contribution in [0.4, 0.5) is 0 Å². The van der Waals surface area contributed by atoms with Gasteiger partial charge in [0.1, 0.15) is 5.75 Å². The maximum Gasteiger partial charge on any atom is 0.118 e. The zero-order chi connectivity index (χ0) is 12.7. The van der Waals surface area contributed by atoms with Crippen LogP contribution in [0.2, 0.25) is 0 Å². The van der Waals surface area contributed by atoms with Gasteiger partial charge in [0, 0.05) is 6.42 Å². The van der Waals surface area contributed by atoms with Crippen molar-refractivity contribution in [2.75, 3.05) is 7.11 Å². The molecule has 1 N–H and O–H groups in total. The summed E-state index contributed by atoms with van der Waals surface area (Å²) in [5, 5.41) is 9.28. The van der Waals surface area contributed by atoms with Gasteiger partial charge in [-0.15, -0.1) is 6.58 Å². The molecule has 3 heteroatoms. The number of hydrogen-bond acceptors (Lipinski definition) is 3. The molecule has 0 unspecified atom stereocenters. The van der Waals surface area contributed by atoms with Gasteiger partial charge in [-0.2, -0.15) is 0 Å². The van der Waals surface area contributed by atoms with Crippen LogP contribution in [0.5, 0.6) is 5.75 Å². The van der Waals surface area contributed by atoms with Crippen molar-refractivity contribution in [2.45, 2.75) is 32.2 Å². The molecule has 0 saturated heterocycles. The van der Waals surface area contributed by atoms with E-state index in [1.807, 2.05) is 24.3 Å². The molecule has 2 atom stereocenters. The van der Waals surface area contributed by atoms with E-state index < -0.39 is 0 Å². The Labute approximate surface area is 103 Å². The number of methoxy groups -OCH3 is 1. The standard InChI is InChI=1S/C14H20O3/c1-4-13(9-11(2)15)17-10-12-5-7-14(16-3)8-6-12/h4-8,11,13,15H,1,9-10H2,2-3H3/t11-,13-/m1/s1. The SMILES string of the molecule is C=C[C@H](C[C@@H](C)O)OCc1ccc(OC)cc1. The molecule has 0 amide bonds. The topological polar surface area (TPSA) is 38.7 Å². The fraction of sp³-hybridized carbons (Fsp3) is 0.429. The highest BCUT2D eigenvalue weighted by molar-refractivity contribution is 5.26. The number of hydrogen-bond donors (Lipinski definition) is 1. The Bertz CT molecular complexity index is 330. The summed E-state index contributed by atoms with van der Waals surface area (Å²) in [6, 6.07) is 7.72. The minimum atomic E-state index is -0.381. The summed E-state index contributed by atoms with van der Waals surface area (Å²) in [5.74, 6) is 0.831. The van der Waals surface area contributed by atoms with E-state index >= 15 is 0 Å². The summed E-state index contributed by atoms with van der Waals surface area (Å²) >= 11 is 0. The van der Waals surface area contributed by atoms with Crippen LogP contribution in [0.3, 0.4) is 0 Å². The zero-order valence-electron chi connectivity index (χ0n) is 10.4. The van der Waals surface area contributed by atoms with Gasteiger partial charge in [0.25, 0.3) is 0 Å². The van der Waals surface area contributed by atoms with E-state index in [4.69, 9.17) is 9.47 Å². The number of benzene rings is 1. The molecule has 1 aromatic carbocycles. The molecule has 1 aromatic rings. The minimum Gasteiger partial charge on any atom is -0.497 e. The first-order chi connectivity index (χ1) is 8.15. The first-order valence-corrected chi connectivity index (χ1v) is 5.71. The van der Waals surface area contributed by atoms with Crippen molar-refractivity contribution in [1.29, 1.82) is 0 Å². The van der Waals surface area contributed by atoms with E-state index in [-0.39, 0.29) is 12.2 Å². The van der Waals surface area contributed by atoms with Gasteiger partial charge in [-0.3, -0.25) is 0 Å². The molecular formula is C14H20O3. The van der Waals surface area contributed by atoms with Crippen LogP contribution in [0.25, 0.3) is 0 Å². The molecule has 0 aliphatic heterocycles. The second-order valence-electron chi connectivity index (χ2n) is 4.02.